The van der Waals surface area contributed by atoms with E-state index in [0.717, 1.165) is 5.69 Å². The van der Waals surface area contributed by atoms with Crippen LogP contribution in [0.15, 0.2) is 58.7 Å². The van der Waals surface area contributed by atoms with Gasteiger partial charge in [0.05, 0.1) is 7.11 Å². The standard InChI is InChI=1S/C22H23N3O4S/c1-15-14-30-22(28)25(15)13-3-4-20(26)23-17-7-5-16(6-8-17)21(27)24-18-9-11-19(29-2)12-10-18/h5-12,14H,3-4,13H2,1-2H3,(H,23,26)(H,24,27). The normalized spacial score (nSPS) is 10.5. The number of thiazole rings is 1. The third-order valence-corrected chi connectivity index (χ3v) is 5.42. The Balaban J connectivity index is 1.48. The SMILES string of the molecule is COc1ccc(NC(=O)c2ccc(NC(=O)CCCn3c(C)csc3=O)cc2)cc1. The maximum Gasteiger partial charge on any atom is 0.307 e. The lowest BCUT2D eigenvalue weighted by molar-refractivity contribution is -0.116. The van der Waals surface area contributed by atoms with E-state index in [4.69, 9.17) is 4.74 Å². The number of nitrogens with one attached hydrogen (secondary N) is 2. The number of ether oxygens (including phenoxy) is 1. The fourth-order valence-corrected chi connectivity index (χ4v) is 3.64. The third kappa shape index (κ3) is 5.57. The number of carbonyl (C=O) groups excluding carboxylic acids is 2. The predicted octanol–water partition coefficient (Wildman–Crippen LogP) is 3.90. The van der Waals surface area contributed by atoms with Crippen LogP contribution >= 0.6 is 11.3 Å². The molecule has 0 atom stereocenters. The average Bonchev–Trinajstić information content (AvgIpc) is 3.07. The summed E-state index contributed by atoms with van der Waals surface area (Å²) in [7, 11) is 1.58. The Labute approximate surface area is 178 Å². The summed E-state index contributed by atoms with van der Waals surface area (Å²) in [5.41, 5.74) is 2.67. The molecule has 8 heteroatoms. The molecule has 0 saturated heterocycles. The number of nitrogens with zero attached hydrogens (tertiary/aromatic N) is 1. The molecule has 0 unspecified atom stereocenters. The molecule has 0 fully saturated rings. The number of aryl methyl sites for hydroxylation is 1. The lowest BCUT2D eigenvalue weighted by atomic mass is 10.2. The van der Waals surface area contributed by atoms with Gasteiger partial charge >= 0.3 is 4.87 Å². The zero-order chi connectivity index (χ0) is 21.5. The van der Waals surface area contributed by atoms with Crippen molar-refractivity contribution in [3.05, 3.63) is 74.8 Å². The van der Waals surface area contributed by atoms with Gasteiger partial charge < -0.3 is 19.9 Å². The second-order valence-corrected chi connectivity index (χ2v) is 7.53. The van der Waals surface area contributed by atoms with E-state index in [1.165, 1.54) is 11.3 Å². The Bertz CT molecular complexity index is 1070. The van der Waals surface area contributed by atoms with Gasteiger partial charge in [0.2, 0.25) is 5.91 Å². The molecule has 0 spiro atoms. The van der Waals surface area contributed by atoms with Crippen LogP contribution in [-0.2, 0) is 11.3 Å². The van der Waals surface area contributed by atoms with Gasteiger partial charge in [-0.3, -0.25) is 14.4 Å². The van der Waals surface area contributed by atoms with Crippen LogP contribution in [0.2, 0.25) is 0 Å². The molecule has 30 heavy (non-hydrogen) atoms. The molecule has 156 valence electrons. The molecule has 7 nitrogen and oxygen atoms in total. The van der Waals surface area contributed by atoms with Crippen LogP contribution in [0.3, 0.4) is 0 Å². The van der Waals surface area contributed by atoms with E-state index < -0.39 is 0 Å². The third-order valence-electron chi connectivity index (χ3n) is 4.54. The molecule has 2 aromatic carbocycles. The van der Waals surface area contributed by atoms with Crippen molar-refractivity contribution >= 4 is 34.5 Å². The van der Waals surface area contributed by atoms with Gasteiger partial charge in [0.25, 0.3) is 5.91 Å². The fourth-order valence-electron chi connectivity index (χ4n) is 2.88. The number of hydrogen-bond acceptors (Lipinski definition) is 5. The highest BCUT2D eigenvalue weighted by atomic mass is 32.1. The van der Waals surface area contributed by atoms with Crippen molar-refractivity contribution in [1.82, 2.24) is 4.57 Å². The smallest absolute Gasteiger partial charge is 0.307 e. The maximum absolute atomic E-state index is 12.4. The molecule has 0 radical (unpaired) electrons. The minimum absolute atomic E-state index is 0.00332. The highest BCUT2D eigenvalue weighted by Crippen LogP contribution is 2.17. The van der Waals surface area contributed by atoms with Crippen molar-refractivity contribution < 1.29 is 14.3 Å². The van der Waals surface area contributed by atoms with Gasteiger partial charge in [0.1, 0.15) is 5.75 Å². The Hall–Kier alpha value is -3.39. The fraction of sp³-hybridized carbons (Fsp3) is 0.227. The van der Waals surface area contributed by atoms with Gasteiger partial charge in [-0.2, -0.15) is 0 Å². The Kier molecular flexibility index (Phi) is 7.03. The Morgan fingerprint density at radius 2 is 1.63 bits per heavy atom. The Morgan fingerprint density at radius 1 is 1.00 bits per heavy atom. The summed E-state index contributed by atoms with van der Waals surface area (Å²) in [6.07, 6.45) is 0.882. The zero-order valence-corrected chi connectivity index (χ0v) is 17.6. The summed E-state index contributed by atoms with van der Waals surface area (Å²) in [5, 5.41) is 7.44. The molecule has 0 saturated carbocycles. The minimum atomic E-state index is -0.241. The maximum atomic E-state index is 12.4. The van der Waals surface area contributed by atoms with Crippen molar-refractivity contribution in [2.45, 2.75) is 26.3 Å². The molecule has 1 heterocycles. The quantitative estimate of drug-likeness (QED) is 0.573. The first-order valence-electron chi connectivity index (χ1n) is 9.46. The number of anilines is 2. The molecule has 0 bridgehead atoms. The number of rotatable bonds is 8. The molecule has 2 N–H and O–H groups in total. The van der Waals surface area contributed by atoms with E-state index in [9.17, 15) is 14.4 Å². The topological polar surface area (TPSA) is 89.4 Å². The molecular weight excluding hydrogens is 402 g/mol. The molecule has 0 aliphatic heterocycles. The van der Waals surface area contributed by atoms with Crippen molar-refractivity contribution in [1.29, 1.82) is 0 Å². The molecule has 2 amide bonds. The summed E-state index contributed by atoms with van der Waals surface area (Å²) in [5.74, 6) is 0.339. The van der Waals surface area contributed by atoms with Crippen LogP contribution in [0.25, 0.3) is 0 Å². The number of benzene rings is 2. The summed E-state index contributed by atoms with van der Waals surface area (Å²) < 4.78 is 6.77. The van der Waals surface area contributed by atoms with Crippen LogP contribution in [0.1, 0.15) is 28.9 Å². The van der Waals surface area contributed by atoms with Gasteiger partial charge in [-0.25, -0.2) is 0 Å². The van der Waals surface area contributed by atoms with Crippen molar-refractivity contribution in [3.8, 4) is 5.75 Å². The van der Waals surface area contributed by atoms with Crippen LogP contribution in [0.5, 0.6) is 5.75 Å². The summed E-state index contributed by atoms with van der Waals surface area (Å²) in [6.45, 7) is 2.40. The van der Waals surface area contributed by atoms with Crippen molar-refractivity contribution in [3.63, 3.8) is 0 Å². The number of amides is 2. The Morgan fingerprint density at radius 3 is 2.23 bits per heavy atom. The number of aromatic nitrogens is 1. The van der Waals surface area contributed by atoms with Gasteiger partial charge in [-0.1, -0.05) is 11.3 Å². The zero-order valence-electron chi connectivity index (χ0n) is 16.8. The molecule has 1 aromatic heterocycles. The molecule has 3 aromatic rings. The van der Waals surface area contributed by atoms with E-state index in [-0.39, 0.29) is 16.7 Å². The highest BCUT2D eigenvalue weighted by Gasteiger charge is 2.09. The lowest BCUT2D eigenvalue weighted by Gasteiger charge is -2.09. The van der Waals surface area contributed by atoms with E-state index in [0.29, 0.717) is 42.1 Å². The first kappa shape index (κ1) is 21.3. The molecule has 0 aliphatic carbocycles. The lowest BCUT2D eigenvalue weighted by Crippen LogP contribution is -2.17. The summed E-state index contributed by atoms with van der Waals surface area (Å²) in [6, 6.07) is 13.7. The monoisotopic (exact) mass is 425 g/mol. The number of methoxy groups -OCH3 is 1. The van der Waals surface area contributed by atoms with Crippen molar-refractivity contribution in [2.24, 2.45) is 0 Å². The number of carbonyl (C=O) groups is 2. The van der Waals surface area contributed by atoms with Crippen molar-refractivity contribution in [2.75, 3.05) is 17.7 Å². The van der Waals surface area contributed by atoms with Crippen LogP contribution in [0, 0.1) is 6.92 Å². The summed E-state index contributed by atoms with van der Waals surface area (Å²) >= 11 is 1.17. The van der Waals surface area contributed by atoms with Gasteiger partial charge in [-0.15, -0.1) is 0 Å². The van der Waals surface area contributed by atoms with Crippen LogP contribution in [0.4, 0.5) is 11.4 Å². The van der Waals surface area contributed by atoms with Crippen LogP contribution in [-0.4, -0.2) is 23.5 Å². The number of hydrogen-bond donors (Lipinski definition) is 2. The van der Waals surface area contributed by atoms with Gasteiger partial charge in [0, 0.05) is 41.0 Å². The molecule has 3 rings (SSSR count). The van der Waals surface area contributed by atoms with E-state index in [1.54, 1.807) is 60.2 Å². The first-order chi connectivity index (χ1) is 14.5. The minimum Gasteiger partial charge on any atom is -0.497 e. The highest BCUT2D eigenvalue weighted by molar-refractivity contribution is 7.07. The predicted molar refractivity (Wildman–Crippen MR) is 119 cm³/mol. The van der Waals surface area contributed by atoms with Gasteiger partial charge in [0.15, 0.2) is 0 Å². The second-order valence-electron chi connectivity index (χ2n) is 6.71. The van der Waals surface area contributed by atoms with Crippen LogP contribution < -0.4 is 20.2 Å². The van der Waals surface area contributed by atoms with Gasteiger partial charge in [-0.05, 0) is 61.9 Å². The average molecular weight is 426 g/mol. The van der Waals surface area contributed by atoms with E-state index in [2.05, 4.69) is 10.6 Å². The molecule has 0 aliphatic rings. The molecular formula is C22H23N3O4S. The second kappa shape index (κ2) is 9.89. The van der Waals surface area contributed by atoms with E-state index >= 15 is 0 Å². The summed E-state index contributed by atoms with van der Waals surface area (Å²) in [4.78, 5) is 36.2. The van der Waals surface area contributed by atoms with E-state index in [1.807, 2.05) is 12.3 Å². The first-order valence-corrected chi connectivity index (χ1v) is 10.3. The largest absolute Gasteiger partial charge is 0.497 e.